The van der Waals surface area contributed by atoms with E-state index in [0.29, 0.717) is 31.1 Å². The summed E-state index contributed by atoms with van der Waals surface area (Å²) >= 11 is 0. The molecule has 1 aliphatic heterocycles. The maximum atomic E-state index is 12.6. The molecule has 7 heteroatoms. The Kier molecular flexibility index (Phi) is 5.44. The molecule has 1 amide bonds. The highest BCUT2D eigenvalue weighted by atomic mass is 32.2. The van der Waals surface area contributed by atoms with Gasteiger partial charge < -0.3 is 9.64 Å². The molecule has 1 heterocycles. The Hall–Kier alpha value is -1.86. The number of nitrogens with one attached hydrogen (secondary N) is 1. The molecule has 0 fully saturated rings. The number of rotatable bonds is 5. The maximum absolute atomic E-state index is 12.6. The molecule has 3 rings (SSSR count). The van der Waals surface area contributed by atoms with E-state index in [2.05, 4.69) is 10.8 Å². The number of benzene rings is 1. The largest absolute Gasteiger partial charge is 0.490 e. The van der Waals surface area contributed by atoms with Gasteiger partial charge in [-0.2, -0.15) is 0 Å². The molecule has 0 radical (unpaired) electrons. The molecule has 1 N–H and O–H groups in total. The second kappa shape index (κ2) is 7.58. The smallest absolute Gasteiger partial charge is 0.240 e. The fourth-order valence-electron chi connectivity index (χ4n) is 3.25. The summed E-state index contributed by atoms with van der Waals surface area (Å²) in [5.41, 5.74) is 1.84. The van der Waals surface area contributed by atoms with Crippen LogP contribution in [0.5, 0.6) is 5.75 Å². The first kappa shape index (κ1) is 17.9. The van der Waals surface area contributed by atoms with Crippen LogP contribution in [-0.4, -0.2) is 34.0 Å². The van der Waals surface area contributed by atoms with E-state index in [1.807, 2.05) is 0 Å². The van der Waals surface area contributed by atoms with E-state index in [9.17, 15) is 13.2 Å². The Balaban J connectivity index is 1.72. The Morgan fingerprint density at radius 3 is 2.88 bits per heavy atom. The number of ether oxygens (including phenoxy) is 1. The molecule has 136 valence electrons. The van der Waals surface area contributed by atoms with Gasteiger partial charge in [0, 0.05) is 13.5 Å². The molecule has 0 aromatic heterocycles. The third-order valence-electron chi connectivity index (χ3n) is 4.61. The lowest BCUT2D eigenvalue weighted by Gasteiger charge is -2.29. The third-order valence-corrected chi connectivity index (χ3v) is 6.07. The molecule has 0 spiro atoms. The van der Waals surface area contributed by atoms with Crippen LogP contribution in [0.2, 0.25) is 0 Å². The minimum atomic E-state index is -3.61. The molecule has 1 aromatic rings. The van der Waals surface area contributed by atoms with Crippen molar-refractivity contribution in [3.05, 3.63) is 29.8 Å². The highest BCUT2D eigenvalue weighted by Gasteiger charge is 2.24. The van der Waals surface area contributed by atoms with E-state index in [4.69, 9.17) is 4.74 Å². The predicted octanol–water partition coefficient (Wildman–Crippen LogP) is 2.60. The molecule has 6 nitrogen and oxygen atoms in total. The summed E-state index contributed by atoms with van der Waals surface area (Å²) in [4.78, 5) is 13.5. The lowest BCUT2D eigenvalue weighted by Crippen LogP contribution is -2.36. The molecule has 0 atom stereocenters. The van der Waals surface area contributed by atoms with E-state index < -0.39 is 10.0 Å². The van der Waals surface area contributed by atoms with Gasteiger partial charge in [0.2, 0.25) is 15.9 Å². The van der Waals surface area contributed by atoms with Gasteiger partial charge in [0.25, 0.3) is 0 Å². The Morgan fingerprint density at radius 1 is 1.32 bits per heavy atom. The summed E-state index contributed by atoms with van der Waals surface area (Å²) in [6.45, 7) is 2.68. The van der Waals surface area contributed by atoms with Gasteiger partial charge in [0.15, 0.2) is 0 Å². The van der Waals surface area contributed by atoms with Gasteiger partial charge in [-0.1, -0.05) is 11.6 Å². The monoisotopic (exact) mass is 364 g/mol. The summed E-state index contributed by atoms with van der Waals surface area (Å²) in [6.07, 6.45) is 7.52. The number of carbonyl (C=O) groups excluding carboxylic acids is 1. The van der Waals surface area contributed by atoms with Crippen molar-refractivity contribution < 1.29 is 17.9 Å². The van der Waals surface area contributed by atoms with Crippen molar-refractivity contribution in [2.75, 3.05) is 24.6 Å². The van der Waals surface area contributed by atoms with Crippen molar-refractivity contribution in [1.29, 1.82) is 0 Å². The van der Waals surface area contributed by atoms with Crippen LogP contribution in [0.4, 0.5) is 5.69 Å². The number of nitrogens with zero attached hydrogens (tertiary/aromatic N) is 1. The number of amides is 1. The van der Waals surface area contributed by atoms with Crippen LogP contribution in [-0.2, 0) is 14.8 Å². The van der Waals surface area contributed by atoms with Gasteiger partial charge in [-0.15, -0.1) is 0 Å². The summed E-state index contributed by atoms with van der Waals surface area (Å²) in [5.74, 6) is 0.407. The summed E-state index contributed by atoms with van der Waals surface area (Å²) in [5, 5.41) is 0. The predicted molar refractivity (Wildman–Crippen MR) is 96.3 cm³/mol. The van der Waals surface area contributed by atoms with Gasteiger partial charge in [-0.05, 0) is 50.3 Å². The van der Waals surface area contributed by atoms with E-state index in [0.717, 1.165) is 19.3 Å². The third kappa shape index (κ3) is 4.22. The van der Waals surface area contributed by atoms with Crippen LogP contribution >= 0.6 is 0 Å². The molecular weight excluding hydrogens is 340 g/mol. The zero-order valence-electron chi connectivity index (χ0n) is 14.5. The quantitative estimate of drug-likeness (QED) is 0.815. The average Bonchev–Trinajstić information content (AvgIpc) is 2.61. The zero-order valence-corrected chi connectivity index (χ0v) is 15.3. The highest BCUT2D eigenvalue weighted by molar-refractivity contribution is 7.89. The van der Waals surface area contributed by atoms with Crippen LogP contribution in [0.25, 0.3) is 0 Å². The van der Waals surface area contributed by atoms with Gasteiger partial charge >= 0.3 is 0 Å². The SMILES string of the molecule is CC(=O)N1CCOc2ccc(S(=O)(=O)NCCC3=CCCCC3)cc21. The molecule has 1 aromatic carbocycles. The Morgan fingerprint density at radius 2 is 2.16 bits per heavy atom. The number of hydrogen-bond acceptors (Lipinski definition) is 4. The molecule has 2 aliphatic rings. The molecule has 0 bridgehead atoms. The first-order valence-corrected chi connectivity index (χ1v) is 10.2. The number of carbonyl (C=O) groups is 1. The van der Waals surface area contributed by atoms with Gasteiger partial charge in [-0.3, -0.25) is 4.79 Å². The summed E-state index contributed by atoms with van der Waals surface area (Å²) < 4.78 is 33.3. The molecule has 0 saturated carbocycles. The topological polar surface area (TPSA) is 75.7 Å². The van der Waals surface area contributed by atoms with Crippen molar-refractivity contribution in [2.24, 2.45) is 0 Å². The van der Waals surface area contributed by atoms with Gasteiger partial charge in [0.05, 0.1) is 17.1 Å². The standard InChI is InChI=1S/C18H24N2O4S/c1-14(21)20-11-12-24-18-8-7-16(13-17(18)20)25(22,23)19-10-9-15-5-3-2-4-6-15/h5,7-8,13,19H,2-4,6,9-12H2,1H3. The molecule has 0 saturated heterocycles. The van der Waals surface area contributed by atoms with Gasteiger partial charge in [0.1, 0.15) is 12.4 Å². The molecule has 1 aliphatic carbocycles. The van der Waals surface area contributed by atoms with E-state index in [-0.39, 0.29) is 10.8 Å². The number of anilines is 1. The second-order valence-electron chi connectivity index (χ2n) is 6.40. The summed E-state index contributed by atoms with van der Waals surface area (Å²) in [7, 11) is -3.61. The van der Waals surface area contributed by atoms with Crippen LogP contribution in [0.1, 0.15) is 39.0 Å². The zero-order chi connectivity index (χ0) is 17.9. The van der Waals surface area contributed by atoms with E-state index >= 15 is 0 Å². The van der Waals surface area contributed by atoms with Gasteiger partial charge in [-0.25, -0.2) is 13.1 Å². The van der Waals surface area contributed by atoms with Crippen molar-refractivity contribution in [3.63, 3.8) is 0 Å². The lowest BCUT2D eigenvalue weighted by atomic mass is 9.97. The minimum Gasteiger partial charge on any atom is -0.490 e. The second-order valence-corrected chi connectivity index (χ2v) is 8.17. The first-order valence-electron chi connectivity index (χ1n) is 8.70. The average molecular weight is 364 g/mol. The van der Waals surface area contributed by atoms with E-state index in [1.165, 1.54) is 37.5 Å². The van der Waals surface area contributed by atoms with Crippen LogP contribution in [0, 0.1) is 0 Å². The first-order chi connectivity index (χ1) is 12.0. The minimum absolute atomic E-state index is 0.128. The van der Waals surface area contributed by atoms with Crippen molar-refractivity contribution in [3.8, 4) is 5.75 Å². The van der Waals surface area contributed by atoms with Crippen LogP contribution in [0.15, 0.2) is 34.7 Å². The molecule has 0 unspecified atom stereocenters. The lowest BCUT2D eigenvalue weighted by molar-refractivity contribution is -0.116. The normalized spacial score (nSPS) is 17.5. The number of fused-ring (bicyclic) bond motifs is 1. The van der Waals surface area contributed by atoms with Crippen molar-refractivity contribution in [2.45, 2.75) is 43.9 Å². The van der Waals surface area contributed by atoms with E-state index in [1.54, 1.807) is 11.0 Å². The van der Waals surface area contributed by atoms with Crippen molar-refractivity contribution in [1.82, 2.24) is 4.72 Å². The van der Waals surface area contributed by atoms with Crippen LogP contribution < -0.4 is 14.4 Å². The number of hydrogen-bond donors (Lipinski definition) is 1. The fraction of sp³-hybridized carbons (Fsp3) is 0.500. The fourth-order valence-corrected chi connectivity index (χ4v) is 4.30. The number of sulfonamides is 1. The highest BCUT2D eigenvalue weighted by Crippen LogP contribution is 2.33. The summed E-state index contributed by atoms with van der Waals surface area (Å²) in [6, 6.07) is 4.64. The molecule has 25 heavy (non-hydrogen) atoms. The number of allylic oxidation sites excluding steroid dienone is 1. The molecular formula is C18H24N2O4S. The Labute approximate surface area is 148 Å². The Bertz CT molecular complexity index is 786. The van der Waals surface area contributed by atoms with Crippen molar-refractivity contribution >= 4 is 21.6 Å². The maximum Gasteiger partial charge on any atom is 0.240 e. The van der Waals surface area contributed by atoms with Crippen LogP contribution in [0.3, 0.4) is 0 Å².